The lowest BCUT2D eigenvalue weighted by Gasteiger charge is -2.30. The number of aromatic hydroxyl groups is 1. The molecule has 0 aliphatic carbocycles. The quantitative estimate of drug-likeness (QED) is 0.0236. The van der Waals surface area contributed by atoms with E-state index in [9.17, 15) is 40.7 Å². The van der Waals surface area contributed by atoms with Gasteiger partial charge in [0.05, 0.1) is 49.1 Å². The van der Waals surface area contributed by atoms with E-state index in [1.54, 1.807) is 58.5 Å². The van der Waals surface area contributed by atoms with E-state index in [4.69, 9.17) is 33.5 Å². The van der Waals surface area contributed by atoms with Gasteiger partial charge in [-0.2, -0.15) is 0 Å². The van der Waals surface area contributed by atoms with E-state index in [1.807, 2.05) is 11.0 Å². The molecular weight excluding hydrogens is 1360 g/mol. The highest BCUT2D eigenvalue weighted by Crippen LogP contribution is 2.27. The first-order valence-corrected chi connectivity index (χ1v) is 28.5. The number of rotatable bonds is 14. The molecule has 0 saturated carbocycles. The molecule has 452 valence electrons. The number of ketones is 1. The Morgan fingerprint density at radius 3 is 1.60 bits per heavy atom. The third-order valence-corrected chi connectivity index (χ3v) is 13.5. The van der Waals surface area contributed by atoms with Crippen molar-refractivity contribution in [3.8, 4) is 17.2 Å². The van der Waals surface area contributed by atoms with Crippen LogP contribution in [0, 0.1) is 34.9 Å². The van der Waals surface area contributed by atoms with E-state index in [-0.39, 0.29) is 62.2 Å². The first kappa shape index (κ1) is 71.5. The SMILES string of the molecule is CC(=O)Oc1ccc(F)c(Br)c1.CC(=O)c1ccc(F)c(Br)c1.CCOC(=O)N(C)c1ccc(N2CCNCC2)c(F)c1.COCCOc1ccc(F)c(Br)c1.COCOCc1ccc(F)c(N2CCNCC2)c1.Oc1ccc(F)c(Br)c1. The average molecular weight is 1430 g/mol. The Balaban J connectivity index is 0.000000267. The van der Waals surface area contributed by atoms with Gasteiger partial charge in [0.15, 0.2) is 5.78 Å². The van der Waals surface area contributed by atoms with Gasteiger partial charge in [-0.15, -0.1) is 0 Å². The molecular formula is C58H65Br4F6N5O10. The van der Waals surface area contributed by atoms with Gasteiger partial charge in [-0.1, -0.05) is 6.07 Å². The number of methoxy groups -OCH3 is 2. The van der Waals surface area contributed by atoms with Crippen LogP contribution in [0.3, 0.4) is 0 Å². The zero-order chi connectivity index (χ0) is 61.4. The lowest BCUT2D eigenvalue weighted by Crippen LogP contribution is -2.43. The monoisotopic (exact) mass is 1420 g/mol. The molecule has 0 spiro atoms. The first-order valence-electron chi connectivity index (χ1n) is 25.4. The number of anilines is 3. The molecule has 15 nitrogen and oxygen atoms in total. The average Bonchev–Trinajstić information content (AvgIpc) is 3.52. The fourth-order valence-corrected chi connectivity index (χ4v) is 8.41. The molecule has 0 bridgehead atoms. The lowest BCUT2D eigenvalue weighted by atomic mass is 10.1. The summed E-state index contributed by atoms with van der Waals surface area (Å²) in [4.78, 5) is 38.2. The molecule has 2 heterocycles. The Kier molecular flexibility index (Phi) is 33.6. The maximum Gasteiger partial charge on any atom is 0.413 e. The largest absolute Gasteiger partial charge is 0.508 e. The number of amides is 1. The second-order valence-electron chi connectivity index (χ2n) is 17.3. The minimum atomic E-state index is -0.484. The second-order valence-corrected chi connectivity index (χ2v) is 20.7. The first-order chi connectivity index (χ1) is 39.6. The third kappa shape index (κ3) is 26.8. The molecule has 2 aliphatic heterocycles. The van der Waals surface area contributed by atoms with Crippen LogP contribution >= 0.6 is 63.7 Å². The van der Waals surface area contributed by atoms with E-state index in [2.05, 4.69) is 79.3 Å². The molecule has 3 N–H and O–H groups in total. The van der Waals surface area contributed by atoms with E-state index in [0.717, 1.165) is 57.9 Å². The zero-order valence-electron chi connectivity index (χ0n) is 46.3. The summed E-state index contributed by atoms with van der Waals surface area (Å²) < 4.78 is 109. The third-order valence-electron chi connectivity index (χ3n) is 11.1. The molecule has 2 aliphatic rings. The van der Waals surface area contributed by atoms with E-state index < -0.39 is 12.1 Å². The van der Waals surface area contributed by atoms with Gasteiger partial charge in [0, 0.05) is 91.8 Å². The number of benzene rings is 6. The van der Waals surface area contributed by atoms with Gasteiger partial charge in [0.2, 0.25) is 0 Å². The fraction of sp³-hybridized carbons (Fsp3) is 0.328. The minimum absolute atomic E-state index is 0.0586. The lowest BCUT2D eigenvalue weighted by molar-refractivity contribution is -0.131. The molecule has 0 radical (unpaired) electrons. The minimum Gasteiger partial charge on any atom is -0.508 e. The number of hydrogen-bond acceptors (Lipinski definition) is 14. The summed E-state index contributed by atoms with van der Waals surface area (Å²) in [6.07, 6.45) is -0.484. The molecule has 8 rings (SSSR count). The molecule has 2 saturated heterocycles. The summed E-state index contributed by atoms with van der Waals surface area (Å²) in [5.74, 6) is -1.36. The summed E-state index contributed by atoms with van der Waals surface area (Å²) in [6.45, 7) is 13.2. The molecule has 2 fully saturated rings. The number of nitrogens with one attached hydrogen (secondary N) is 2. The predicted octanol–water partition coefficient (Wildman–Crippen LogP) is 13.4. The fourth-order valence-electron chi connectivity index (χ4n) is 6.95. The normalized spacial score (nSPS) is 12.4. The Morgan fingerprint density at radius 2 is 1.11 bits per heavy atom. The number of piperazine rings is 2. The number of phenols is 1. The second kappa shape index (κ2) is 39.0. The molecule has 0 unspecified atom stereocenters. The van der Waals surface area contributed by atoms with Crippen LogP contribution in [0.2, 0.25) is 0 Å². The zero-order valence-corrected chi connectivity index (χ0v) is 52.7. The molecule has 1 amide bonds. The number of ether oxygens (including phenoxy) is 6. The van der Waals surface area contributed by atoms with Gasteiger partial charge in [-0.05, 0) is 186 Å². The van der Waals surface area contributed by atoms with Crippen LogP contribution in [0.15, 0.2) is 127 Å². The van der Waals surface area contributed by atoms with Crippen LogP contribution in [0.1, 0.15) is 36.7 Å². The van der Waals surface area contributed by atoms with Crippen molar-refractivity contribution in [2.75, 3.05) is 115 Å². The van der Waals surface area contributed by atoms with Crippen molar-refractivity contribution < 1.29 is 74.3 Å². The number of Topliss-reactive ketones (excluding diaryl/α,β-unsaturated/α-hetero) is 1. The standard InChI is InChI=1S/C14H20FN3O2.C13H19FN2O2.C9H10BrFO2.C8H6BrFO2.C8H6BrFO.C6H4BrFO/c1-3-20-14(19)17(2)11-4-5-13(12(15)10-11)18-8-6-16-7-9-18;1-17-10-18-9-11-2-3-12(14)13(8-11)16-6-4-15-5-7-16;1-12-4-5-13-7-2-3-9(11)8(10)6-7;1-5(11)12-6-2-3-8(10)7(9)4-6;1-5(11)6-2-3-8(10)7(9)4-6;7-5-3-4(9)1-2-6(5)8/h4-5,10,16H,3,6-9H2,1-2H3;2-3,8,15H,4-7,9-10H2,1H3;2-3,6H,4-5H2,1H3;2-4H,1H3;2-4H,1H3;1-3,9H. The van der Waals surface area contributed by atoms with Crippen molar-refractivity contribution in [2.45, 2.75) is 27.4 Å². The Hall–Kier alpha value is -5.77. The number of carbonyl (C=O) groups excluding carboxylic acids is 3. The number of esters is 1. The molecule has 6 aromatic carbocycles. The topological polar surface area (TPSA) is 161 Å². The van der Waals surface area contributed by atoms with Gasteiger partial charge in [0.25, 0.3) is 0 Å². The smallest absolute Gasteiger partial charge is 0.413 e. The number of phenolic OH excluding ortho intramolecular Hbond substituents is 1. The van der Waals surface area contributed by atoms with Crippen LogP contribution in [0.4, 0.5) is 48.2 Å². The summed E-state index contributed by atoms with van der Waals surface area (Å²) in [5, 5.41) is 15.2. The highest BCUT2D eigenvalue weighted by atomic mass is 79.9. The number of hydrogen-bond donors (Lipinski definition) is 3. The molecule has 0 atom stereocenters. The van der Waals surface area contributed by atoms with Gasteiger partial charge in [0.1, 0.15) is 65.6 Å². The number of halogens is 10. The number of carbonyl (C=O) groups is 3. The van der Waals surface area contributed by atoms with Crippen molar-refractivity contribution in [1.82, 2.24) is 10.6 Å². The van der Waals surface area contributed by atoms with Crippen LogP contribution in [0.25, 0.3) is 0 Å². The highest BCUT2D eigenvalue weighted by Gasteiger charge is 2.19. The Bertz CT molecular complexity index is 2980. The maximum absolute atomic E-state index is 14.2. The van der Waals surface area contributed by atoms with E-state index in [1.165, 1.54) is 91.5 Å². The number of nitrogens with zero attached hydrogens (tertiary/aromatic N) is 3. The summed E-state index contributed by atoms with van der Waals surface area (Å²) >= 11 is 11.9. The summed E-state index contributed by atoms with van der Waals surface area (Å²) in [6, 6.07) is 26.4. The van der Waals surface area contributed by atoms with Crippen molar-refractivity contribution in [2.24, 2.45) is 0 Å². The van der Waals surface area contributed by atoms with Crippen LogP contribution in [0.5, 0.6) is 17.2 Å². The Morgan fingerprint density at radius 1 is 0.590 bits per heavy atom. The van der Waals surface area contributed by atoms with Gasteiger partial charge in [-0.3, -0.25) is 14.5 Å². The molecule has 0 aromatic heterocycles. The molecule has 6 aromatic rings. The molecule has 83 heavy (non-hydrogen) atoms. The van der Waals surface area contributed by atoms with E-state index in [0.29, 0.717) is 69.5 Å². The van der Waals surface area contributed by atoms with Gasteiger partial charge < -0.3 is 54.0 Å². The van der Waals surface area contributed by atoms with E-state index >= 15 is 0 Å². The van der Waals surface area contributed by atoms with Crippen molar-refractivity contribution in [3.63, 3.8) is 0 Å². The van der Waals surface area contributed by atoms with Gasteiger partial charge >= 0.3 is 12.1 Å². The van der Waals surface area contributed by atoms with Crippen LogP contribution < -0.4 is 34.8 Å². The highest BCUT2D eigenvalue weighted by molar-refractivity contribution is 9.11. The summed E-state index contributed by atoms with van der Waals surface area (Å²) in [7, 11) is 4.75. The Labute approximate surface area is 513 Å². The maximum atomic E-state index is 14.2. The van der Waals surface area contributed by atoms with Crippen LogP contribution in [-0.2, 0) is 30.3 Å². The van der Waals surface area contributed by atoms with Crippen molar-refractivity contribution >= 4 is 98.6 Å². The van der Waals surface area contributed by atoms with Gasteiger partial charge in [-0.25, -0.2) is 31.1 Å². The summed E-state index contributed by atoms with van der Waals surface area (Å²) in [5.41, 5.74) is 3.20. The molecule has 25 heteroatoms. The van der Waals surface area contributed by atoms with Crippen molar-refractivity contribution in [3.05, 3.63) is 173 Å². The van der Waals surface area contributed by atoms with Crippen molar-refractivity contribution in [1.29, 1.82) is 0 Å². The predicted molar refractivity (Wildman–Crippen MR) is 322 cm³/mol. The van der Waals surface area contributed by atoms with Crippen LogP contribution in [-0.4, -0.2) is 123 Å².